The van der Waals surface area contributed by atoms with E-state index in [4.69, 9.17) is 18.1 Å². The van der Waals surface area contributed by atoms with Gasteiger partial charge in [-0.05, 0) is 80.7 Å². The first-order valence-electron chi connectivity index (χ1n) is 12.0. The average molecular weight is 460 g/mol. The zero-order valence-electron chi connectivity index (χ0n) is 20.2. The summed E-state index contributed by atoms with van der Waals surface area (Å²) < 4.78 is 25.1. The molecule has 0 bridgehead atoms. The first kappa shape index (κ1) is 20.8. The summed E-state index contributed by atoms with van der Waals surface area (Å²) in [5.74, 6) is 0. The second kappa shape index (κ2) is 7.00. The summed E-state index contributed by atoms with van der Waals surface area (Å²) in [7, 11) is -0.457. The Kier molecular flexibility index (Phi) is 4.16. The summed E-state index contributed by atoms with van der Waals surface area (Å²) in [6.45, 7) is 8.31. The van der Waals surface area contributed by atoms with Gasteiger partial charge >= 0.3 is 7.12 Å². The van der Waals surface area contributed by atoms with E-state index in [9.17, 15) is 0 Å². The molecule has 0 atom stereocenters. The number of fused-ring (bicyclic) bond motifs is 6. The molecule has 0 aliphatic carbocycles. The second-order valence-electron chi connectivity index (χ2n) is 10.4. The van der Waals surface area contributed by atoms with Crippen LogP contribution in [0.1, 0.15) is 27.7 Å². The van der Waals surface area contributed by atoms with Crippen molar-refractivity contribution in [2.24, 2.45) is 0 Å². The van der Waals surface area contributed by atoms with Crippen molar-refractivity contribution in [2.45, 2.75) is 38.9 Å². The third kappa shape index (κ3) is 3.02. The van der Waals surface area contributed by atoms with E-state index in [-0.39, 0.29) is 0 Å². The van der Waals surface area contributed by atoms with Gasteiger partial charge in [0.05, 0.1) is 11.2 Å². The van der Waals surface area contributed by atoms with Crippen molar-refractivity contribution in [3.63, 3.8) is 0 Å². The lowest BCUT2D eigenvalue weighted by atomic mass is 9.76. The lowest BCUT2D eigenvalue weighted by molar-refractivity contribution is 0.00578. The molecule has 0 radical (unpaired) electrons. The van der Waals surface area contributed by atoms with Crippen molar-refractivity contribution in [1.29, 1.82) is 0 Å². The summed E-state index contributed by atoms with van der Waals surface area (Å²) in [6, 6.07) is 27.0. The average Bonchev–Trinajstić information content (AvgIpc) is 3.46. The SMILES string of the molecule is CC1(C)OB(c2cccc3oc4ccc(-c5ccc6oc7ccccc7c6c5)cc4c23)OC1(C)C. The summed E-state index contributed by atoms with van der Waals surface area (Å²) >= 11 is 0. The van der Waals surface area contributed by atoms with Crippen molar-refractivity contribution in [1.82, 2.24) is 0 Å². The lowest BCUT2D eigenvalue weighted by Gasteiger charge is -2.32. The minimum absolute atomic E-state index is 0.409. The van der Waals surface area contributed by atoms with E-state index in [1.165, 1.54) is 0 Å². The van der Waals surface area contributed by atoms with Gasteiger partial charge in [0, 0.05) is 21.5 Å². The third-order valence-electron chi connectivity index (χ3n) is 7.74. The number of rotatable bonds is 2. The lowest BCUT2D eigenvalue weighted by Crippen LogP contribution is -2.41. The van der Waals surface area contributed by atoms with Gasteiger partial charge < -0.3 is 18.1 Å². The summed E-state index contributed by atoms with van der Waals surface area (Å²) in [4.78, 5) is 0. The van der Waals surface area contributed by atoms with Crippen LogP contribution in [-0.2, 0) is 9.31 Å². The van der Waals surface area contributed by atoms with Crippen molar-refractivity contribution < 1.29 is 18.1 Å². The topological polar surface area (TPSA) is 44.7 Å². The van der Waals surface area contributed by atoms with Crippen molar-refractivity contribution in [2.75, 3.05) is 0 Å². The van der Waals surface area contributed by atoms with Crippen LogP contribution in [0.25, 0.3) is 55.0 Å². The largest absolute Gasteiger partial charge is 0.495 e. The van der Waals surface area contributed by atoms with Crippen LogP contribution in [0.4, 0.5) is 0 Å². The van der Waals surface area contributed by atoms with Gasteiger partial charge in [-0.25, -0.2) is 0 Å². The maximum absolute atomic E-state index is 6.40. The molecular weight excluding hydrogens is 435 g/mol. The standard InChI is InChI=1S/C30H25BO4/c1-29(2)30(3,4)35-31(34-29)23-9-7-11-27-28(23)22-17-19(13-15-26(22)33-27)18-12-14-25-21(16-18)20-8-5-6-10-24(20)32-25/h5-17H,1-4H3. The van der Waals surface area contributed by atoms with E-state index in [0.29, 0.717) is 0 Å². The van der Waals surface area contributed by atoms with Gasteiger partial charge in [-0.15, -0.1) is 0 Å². The van der Waals surface area contributed by atoms with Gasteiger partial charge in [0.15, 0.2) is 0 Å². The van der Waals surface area contributed by atoms with E-state index in [1.807, 2.05) is 30.3 Å². The van der Waals surface area contributed by atoms with Gasteiger partial charge in [0.1, 0.15) is 22.3 Å². The Morgan fingerprint density at radius 1 is 0.543 bits per heavy atom. The maximum atomic E-state index is 6.40. The van der Waals surface area contributed by atoms with E-state index in [0.717, 1.165) is 60.5 Å². The Hall–Kier alpha value is -3.54. The molecule has 0 amide bonds. The van der Waals surface area contributed by atoms with Crippen molar-refractivity contribution in [3.8, 4) is 11.1 Å². The molecule has 7 rings (SSSR count). The van der Waals surface area contributed by atoms with E-state index in [1.54, 1.807) is 0 Å². The Labute approximate surface area is 203 Å². The van der Waals surface area contributed by atoms with Crippen LogP contribution in [-0.4, -0.2) is 18.3 Å². The third-order valence-corrected chi connectivity index (χ3v) is 7.74. The molecule has 1 aliphatic rings. The molecule has 3 heterocycles. The molecule has 2 aromatic heterocycles. The minimum Gasteiger partial charge on any atom is -0.456 e. The zero-order valence-corrected chi connectivity index (χ0v) is 20.2. The monoisotopic (exact) mass is 460 g/mol. The van der Waals surface area contributed by atoms with Crippen LogP contribution < -0.4 is 5.46 Å². The fourth-order valence-electron chi connectivity index (χ4n) is 5.11. The smallest absolute Gasteiger partial charge is 0.456 e. The predicted octanol–water partition coefficient (Wildman–Crippen LogP) is 7.45. The van der Waals surface area contributed by atoms with Crippen molar-refractivity contribution in [3.05, 3.63) is 78.9 Å². The Bertz CT molecular complexity index is 1760. The Morgan fingerprint density at radius 2 is 1.11 bits per heavy atom. The molecule has 5 heteroatoms. The normalized spacial score (nSPS) is 17.3. The highest BCUT2D eigenvalue weighted by molar-refractivity contribution is 6.66. The molecule has 0 unspecified atom stereocenters. The molecule has 172 valence electrons. The van der Waals surface area contributed by atoms with Gasteiger partial charge in [0.25, 0.3) is 0 Å². The molecule has 0 N–H and O–H groups in total. The summed E-state index contributed by atoms with van der Waals surface area (Å²) in [6.07, 6.45) is 0. The first-order chi connectivity index (χ1) is 16.8. The van der Waals surface area contributed by atoms with Crippen molar-refractivity contribution >= 4 is 56.5 Å². The number of hydrogen-bond acceptors (Lipinski definition) is 4. The summed E-state index contributed by atoms with van der Waals surface area (Å²) in [5.41, 5.74) is 5.91. The maximum Gasteiger partial charge on any atom is 0.495 e. The molecule has 1 saturated heterocycles. The number of benzene rings is 4. The quantitative estimate of drug-likeness (QED) is 0.252. The number of para-hydroxylation sites is 1. The van der Waals surface area contributed by atoms with Crippen LogP contribution in [0.5, 0.6) is 0 Å². The number of furan rings is 2. The zero-order chi connectivity index (χ0) is 23.9. The van der Waals surface area contributed by atoms with Gasteiger partial charge in [0.2, 0.25) is 0 Å². The molecule has 4 nitrogen and oxygen atoms in total. The van der Waals surface area contributed by atoms with Crippen LogP contribution in [0.15, 0.2) is 87.7 Å². The molecule has 1 fully saturated rings. The molecular formula is C30H25BO4. The molecule has 35 heavy (non-hydrogen) atoms. The van der Waals surface area contributed by atoms with Gasteiger partial charge in [-0.3, -0.25) is 0 Å². The Balaban J connectivity index is 1.40. The summed E-state index contributed by atoms with van der Waals surface area (Å²) in [5, 5.41) is 4.34. The fourth-order valence-corrected chi connectivity index (χ4v) is 5.11. The minimum atomic E-state index is -0.457. The van der Waals surface area contributed by atoms with Crippen LogP contribution in [0, 0.1) is 0 Å². The number of hydrogen-bond donors (Lipinski definition) is 0. The second-order valence-corrected chi connectivity index (χ2v) is 10.4. The van der Waals surface area contributed by atoms with E-state index in [2.05, 4.69) is 76.2 Å². The molecule has 1 aliphatic heterocycles. The van der Waals surface area contributed by atoms with E-state index < -0.39 is 18.3 Å². The van der Waals surface area contributed by atoms with Gasteiger partial charge in [-0.2, -0.15) is 0 Å². The van der Waals surface area contributed by atoms with Crippen LogP contribution in [0.3, 0.4) is 0 Å². The van der Waals surface area contributed by atoms with E-state index >= 15 is 0 Å². The highest BCUT2D eigenvalue weighted by Gasteiger charge is 2.52. The van der Waals surface area contributed by atoms with Gasteiger partial charge in [-0.1, -0.05) is 42.5 Å². The predicted molar refractivity (Wildman–Crippen MR) is 142 cm³/mol. The van der Waals surface area contributed by atoms with Crippen LogP contribution >= 0.6 is 0 Å². The van der Waals surface area contributed by atoms with Crippen LogP contribution in [0.2, 0.25) is 0 Å². The Morgan fingerprint density at radius 3 is 1.86 bits per heavy atom. The highest BCUT2D eigenvalue weighted by atomic mass is 16.7. The molecule has 4 aromatic carbocycles. The first-order valence-corrected chi connectivity index (χ1v) is 12.0. The fraction of sp³-hybridized carbons (Fsp3) is 0.200. The molecule has 6 aromatic rings. The molecule has 0 saturated carbocycles. The molecule has 0 spiro atoms. The highest BCUT2D eigenvalue weighted by Crippen LogP contribution is 2.39.